The Morgan fingerprint density at radius 2 is 1.89 bits per heavy atom. The minimum absolute atomic E-state index is 0.144. The Labute approximate surface area is 114 Å². The molecule has 0 saturated heterocycles. The highest BCUT2D eigenvalue weighted by Gasteiger charge is 2.07. The summed E-state index contributed by atoms with van der Waals surface area (Å²) in [7, 11) is 0. The van der Waals surface area contributed by atoms with Gasteiger partial charge in [0.05, 0.1) is 0 Å². The van der Waals surface area contributed by atoms with Gasteiger partial charge in [-0.3, -0.25) is 0 Å². The maximum atomic E-state index is 13.7. The summed E-state index contributed by atoms with van der Waals surface area (Å²) in [6.07, 6.45) is 0. The van der Waals surface area contributed by atoms with Gasteiger partial charge in [0.1, 0.15) is 5.82 Å². The van der Waals surface area contributed by atoms with Crippen molar-refractivity contribution in [1.82, 2.24) is 5.32 Å². The topological polar surface area (TPSA) is 12.0 Å². The van der Waals surface area contributed by atoms with Gasteiger partial charge in [0.15, 0.2) is 0 Å². The van der Waals surface area contributed by atoms with Crippen molar-refractivity contribution in [3.8, 4) is 11.1 Å². The first-order chi connectivity index (χ1) is 9.13. The first-order valence-electron chi connectivity index (χ1n) is 6.69. The Hall–Kier alpha value is -1.67. The molecule has 2 aromatic carbocycles. The Morgan fingerprint density at radius 3 is 2.63 bits per heavy atom. The van der Waals surface area contributed by atoms with Crippen molar-refractivity contribution in [2.24, 2.45) is 0 Å². The van der Waals surface area contributed by atoms with Crippen LogP contribution in [0, 0.1) is 19.7 Å². The third-order valence-corrected chi connectivity index (χ3v) is 3.53. The monoisotopic (exact) mass is 257 g/mol. The van der Waals surface area contributed by atoms with Crippen molar-refractivity contribution in [3.05, 3.63) is 58.9 Å². The molecule has 0 aromatic heterocycles. The van der Waals surface area contributed by atoms with Gasteiger partial charge in [-0.2, -0.15) is 0 Å². The molecule has 100 valence electrons. The van der Waals surface area contributed by atoms with Crippen LogP contribution in [0.1, 0.15) is 23.6 Å². The minimum atomic E-state index is -0.144. The fourth-order valence-electron chi connectivity index (χ4n) is 2.20. The van der Waals surface area contributed by atoms with Gasteiger partial charge >= 0.3 is 0 Å². The van der Waals surface area contributed by atoms with E-state index in [-0.39, 0.29) is 5.82 Å². The van der Waals surface area contributed by atoms with Gasteiger partial charge < -0.3 is 5.32 Å². The molecule has 0 bridgehead atoms. The van der Waals surface area contributed by atoms with Crippen molar-refractivity contribution in [2.45, 2.75) is 27.3 Å². The average molecular weight is 257 g/mol. The summed E-state index contributed by atoms with van der Waals surface area (Å²) in [5, 5.41) is 3.17. The Morgan fingerprint density at radius 1 is 1.11 bits per heavy atom. The molecule has 0 saturated carbocycles. The second-order valence-electron chi connectivity index (χ2n) is 4.83. The predicted octanol–water partition coefficient (Wildman–Crippen LogP) is 4.22. The smallest absolute Gasteiger partial charge is 0.127 e. The molecule has 0 radical (unpaired) electrons. The molecule has 0 heterocycles. The molecular formula is C17H20FN. The lowest BCUT2D eigenvalue weighted by Crippen LogP contribution is -2.13. The second kappa shape index (κ2) is 5.98. The molecule has 2 heteroatoms. The van der Waals surface area contributed by atoms with Gasteiger partial charge in [0.2, 0.25) is 0 Å². The number of benzene rings is 2. The number of rotatable bonds is 4. The summed E-state index contributed by atoms with van der Waals surface area (Å²) in [5.74, 6) is -0.144. The number of halogens is 1. The molecule has 0 spiro atoms. The third kappa shape index (κ3) is 3.02. The highest BCUT2D eigenvalue weighted by atomic mass is 19.1. The summed E-state index contributed by atoms with van der Waals surface area (Å²) in [4.78, 5) is 0. The molecule has 0 aliphatic carbocycles. The maximum Gasteiger partial charge on any atom is 0.127 e. The Kier molecular flexibility index (Phi) is 4.33. The quantitative estimate of drug-likeness (QED) is 0.864. The van der Waals surface area contributed by atoms with Crippen molar-refractivity contribution in [3.63, 3.8) is 0 Å². The Bertz CT molecular complexity index is 575. The third-order valence-electron chi connectivity index (χ3n) is 3.53. The van der Waals surface area contributed by atoms with E-state index >= 15 is 0 Å². The molecule has 0 fully saturated rings. The predicted molar refractivity (Wildman–Crippen MR) is 78.7 cm³/mol. The van der Waals surface area contributed by atoms with Gasteiger partial charge in [0, 0.05) is 12.1 Å². The van der Waals surface area contributed by atoms with E-state index in [4.69, 9.17) is 0 Å². The van der Waals surface area contributed by atoms with Crippen molar-refractivity contribution >= 4 is 0 Å². The van der Waals surface area contributed by atoms with E-state index in [9.17, 15) is 4.39 Å². The molecule has 0 aliphatic heterocycles. The van der Waals surface area contributed by atoms with Crippen LogP contribution in [-0.2, 0) is 6.54 Å². The van der Waals surface area contributed by atoms with E-state index in [0.29, 0.717) is 6.54 Å². The molecule has 0 atom stereocenters. The standard InChI is InChI=1S/C17H20FN/c1-4-19-11-15-10-14(8-9-17(15)18)16-7-5-6-12(2)13(16)3/h5-10,19H,4,11H2,1-3H3. The van der Waals surface area contributed by atoms with E-state index in [0.717, 1.165) is 17.7 Å². The number of hydrogen-bond donors (Lipinski definition) is 1. The summed E-state index contributed by atoms with van der Waals surface area (Å²) >= 11 is 0. The van der Waals surface area contributed by atoms with Gasteiger partial charge in [-0.1, -0.05) is 31.2 Å². The van der Waals surface area contributed by atoms with Crippen LogP contribution in [0.25, 0.3) is 11.1 Å². The van der Waals surface area contributed by atoms with Crippen LogP contribution in [0.3, 0.4) is 0 Å². The van der Waals surface area contributed by atoms with Crippen LogP contribution in [0.4, 0.5) is 4.39 Å². The zero-order valence-electron chi connectivity index (χ0n) is 11.8. The van der Waals surface area contributed by atoms with E-state index < -0.39 is 0 Å². The van der Waals surface area contributed by atoms with Gasteiger partial charge in [-0.15, -0.1) is 0 Å². The lowest BCUT2D eigenvalue weighted by Gasteiger charge is -2.11. The van der Waals surface area contributed by atoms with E-state index in [1.165, 1.54) is 16.7 Å². The largest absolute Gasteiger partial charge is 0.313 e. The highest BCUT2D eigenvalue weighted by Crippen LogP contribution is 2.27. The highest BCUT2D eigenvalue weighted by molar-refractivity contribution is 5.69. The minimum Gasteiger partial charge on any atom is -0.313 e. The van der Waals surface area contributed by atoms with Crippen LogP contribution in [-0.4, -0.2) is 6.54 Å². The SMILES string of the molecule is CCNCc1cc(-c2cccc(C)c2C)ccc1F. The van der Waals surface area contributed by atoms with Crippen LogP contribution >= 0.6 is 0 Å². The molecule has 1 nitrogen and oxygen atoms in total. The van der Waals surface area contributed by atoms with Gasteiger partial charge in [0.25, 0.3) is 0 Å². The number of aryl methyl sites for hydroxylation is 1. The second-order valence-corrected chi connectivity index (χ2v) is 4.83. The van der Waals surface area contributed by atoms with Crippen LogP contribution in [0.5, 0.6) is 0 Å². The van der Waals surface area contributed by atoms with E-state index in [1.54, 1.807) is 6.07 Å². The zero-order valence-corrected chi connectivity index (χ0v) is 11.8. The van der Waals surface area contributed by atoms with Gasteiger partial charge in [-0.05, 0) is 54.8 Å². The maximum absolute atomic E-state index is 13.7. The lowest BCUT2D eigenvalue weighted by atomic mass is 9.96. The molecule has 0 aliphatic rings. The number of nitrogens with one attached hydrogen (secondary N) is 1. The molecular weight excluding hydrogens is 237 g/mol. The summed E-state index contributed by atoms with van der Waals surface area (Å²) in [6, 6.07) is 11.6. The van der Waals surface area contributed by atoms with Crippen LogP contribution < -0.4 is 5.32 Å². The van der Waals surface area contributed by atoms with E-state index in [2.05, 4.69) is 31.3 Å². The Balaban J connectivity index is 2.42. The normalized spacial score (nSPS) is 10.7. The van der Waals surface area contributed by atoms with Crippen molar-refractivity contribution in [1.29, 1.82) is 0 Å². The first kappa shape index (κ1) is 13.8. The van der Waals surface area contributed by atoms with Gasteiger partial charge in [-0.25, -0.2) is 4.39 Å². The number of hydrogen-bond acceptors (Lipinski definition) is 1. The fraction of sp³-hybridized carbons (Fsp3) is 0.294. The summed E-state index contributed by atoms with van der Waals surface area (Å²) < 4.78 is 13.7. The van der Waals surface area contributed by atoms with Crippen LogP contribution in [0.15, 0.2) is 36.4 Å². The molecule has 2 rings (SSSR count). The molecule has 19 heavy (non-hydrogen) atoms. The molecule has 2 aromatic rings. The summed E-state index contributed by atoms with van der Waals surface area (Å²) in [6.45, 7) is 7.64. The van der Waals surface area contributed by atoms with E-state index in [1.807, 2.05) is 25.1 Å². The summed E-state index contributed by atoms with van der Waals surface area (Å²) in [5.41, 5.74) is 5.49. The van der Waals surface area contributed by atoms with Crippen molar-refractivity contribution in [2.75, 3.05) is 6.54 Å². The molecule has 1 N–H and O–H groups in total. The van der Waals surface area contributed by atoms with Crippen LogP contribution in [0.2, 0.25) is 0 Å². The zero-order chi connectivity index (χ0) is 13.8. The first-order valence-corrected chi connectivity index (χ1v) is 6.69. The molecule has 0 unspecified atom stereocenters. The lowest BCUT2D eigenvalue weighted by molar-refractivity contribution is 0.593. The van der Waals surface area contributed by atoms with Crippen molar-refractivity contribution < 1.29 is 4.39 Å². The average Bonchev–Trinajstić information content (AvgIpc) is 2.41. The molecule has 0 amide bonds. The fourth-order valence-corrected chi connectivity index (χ4v) is 2.20.